The van der Waals surface area contributed by atoms with Gasteiger partial charge >= 0.3 is 5.97 Å². The molecule has 0 aliphatic rings. The van der Waals surface area contributed by atoms with Gasteiger partial charge in [-0.05, 0) is 25.0 Å². The predicted octanol–water partition coefficient (Wildman–Crippen LogP) is 2.06. The number of hydrogen-bond donors (Lipinski definition) is 2. The molecule has 98 valence electrons. The first-order chi connectivity index (χ1) is 8.07. The van der Waals surface area contributed by atoms with Crippen molar-refractivity contribution in [3.63, 3.8) is 0 Å². The van der Waals surface area contributed by atoms with E-state index in [4.69, 9.17) is 5.11 Å². The number of unbranched alkanes of at least 4 members (excludes halogenated alkanes) is 3. The Morgan fingerprint density at radius 2 is 2.12 bits per heavy atom. The Bertz CT molecular complexity index is 256. The number of thioether (sulfide) groups is 1. The molecule has 1 unspecified atom stereocenters. The Kier molecular flexibility index (Phi) is 9.62. The Morgan fingerprint density at radius 1 is 1.41 bits per heavy atom. The van der Waals surface area contributed by atoms with E-state index in [0.717, 1.165) is 31.4 Å². The lowest BCUT2D eigenvalue weighted by Crippen LogP contribution is -2.41. The number of carboxylic acids is 1. The summed E-state index contributed by atoms with van der Waals surface area (Å²) in [5, 5.41) is 11.3. The topological polar surface area (TPSA) is 66.4 Å². The first-order valence-electron chi connectivity index (χ1n) is 5.76. The number of aliphatic carboxylic acids is 1. The molecule has 0 aliphatic carbocycles. The maximum Gasteiger partial charge on any atom is 0.327 e. The number of allylic oxidation sites excluding steroid dienone is 1. The SMILES string of the molecule is C=CCCCCCSCC(NC(C)=O)C(=O)O. The van der Waals surface area contributed by atoms with Crippen molar-refractivity contribution in [3.8, 4) is 0 Å². The Balaban J connectivity index is 3.58. The highest BCUT2D eigenvalue weighted by atomic mass is 32.2. The fourth-order valence-electron chi connectivity index (χ4n) is 1.29. The van der Waals surface area contributed by atoms with Crippen LogP contribution in [-0.2, 0) is 9.59 Å². The molecule has 1 atom stereocenters. The lowest BCUT2D eigenvalue weighted by atomic mass is 10.2. The van der Waals surface area contributed by atoms with Gasteiger partial charge in [0.05, 0.1) is 0 Å². The highest BCUT2D eigenvalue weighted by Crippen LogP contribution is 2.09. The fourth-order valence-corrected chi connectivity index (χ4v) is 2.33. The zero-order chi connectivity index (χ0) is 13.1. The normalized spacial score (nSPS) is 11.8. The monoisotopic (exact) mass is 259 g/mol. The van der Waals surface area contributed by atoms with Crippen molar-refractivity contribution in [2.45, 2.75) is 38.6 Å². The average Bonchev–Trinajstić information content (AvgIpc) is 2.25. The summed E-state index contributed by atoms with van der Waals surface area (Å²) < 4.78 is 0. The molecule has 0 rings (SSSR count). The molecule has 0 saturated carbocycles. The zero-order valence-corrected chi connectivity index (χ0v) is 11.1. The van der Waals surface area contributed by atoms with Crippen LogP contribution >= 0.6 is 11.8 Å². The summed E-state index contributed by atoms with van der Waals surface area (Å²) in [6.07, 6.45) is 6.29. The van der Waals surface area contributed by atoms with E-state index in [-0.39, 0.29) is 5.91 Å². The number of nitrogens with one attached hydrogen (secondary N) is 1. The van der Waals surface area contributed by atoms with Crippen LogP contribution in [0.4, 0.5) is 0 Å². The van der Waals surface area contributed by atoms with Crippen molar-refractivity contribution in [2.24, 2.45) is 0 Å². The molecule has 0 heterocycles. The van der Waals surface area contributed by atoms with Crippen molar-refractivity contribution >= 4 is 23.6 Å². The molecule has 1 amide bonds. The highest BCUT2D eigenvalue weighted by molar-refractivity contribution is 7.99. The van der Waals surface area contributed by atoms with Crippen molar-refractivity contribution < 1.29 is 14.7 Å². The van der Waals surface area contributed by atoms with Crippen LogP contribution in [0.25, 0.3) is 0 Å². The predicted molar refractivity (Wildman–Crippen MR) is 71.2 cm³/mol. The van der Waals surface area contributed by atoms with Gasteiger partial charge in [0.1, 0.15) is 6.04 Å². The van der Waals surface area contributed by atoms with E-state index in [9.17, 15) is 9.59 Å². The number of rotatable bonds is 10. The molecule has 0 aromatic heterocycles. The maximum absolute atomic E-state index is 10.8. The van der Waals surface area contributed by atoms with Crippen LogP contribution in [0.5, 0.6) is 0 Å². The first kappa shape index (κ1) is 16.0. The third-order valence-corrected chi connectivity index (χ3v) is 3.30. The van der Waals surface area contributed by atoms with Crippen LogP contribution in [-0.4, -0.2) is 34.5 Å². The second-order valence-electron chi connectivity index (χ2n) is 3.80. The third-order valence-electron chi connectivity index (χ3n) is 2.16. The van der Waals surface area contributed by atoms with Gasteiger partial charge in [0.15, 0.2) is 0 Å². The summed E-state index contributed by atoms with van der Waals surface area (Å²) in [5.74, 6) is 0.0833. The van der Waals surface area contributed by atoms with E-state index in [0.29, 0.717) is 5.75 Å². The van der Waals surface area contributed by atoms with Gasteiger partial charge in [-0.15, -0.1) is 6.58 Å². The molecule has 0 radical (unpaired) electrons. The molecule has 0 saturated heterocycles. The Labute approximate surface area is 107 Å². The minimum atomic E-state index is -0.973. The molecular weight excluding hydrogens is 238 g/mol. The van der Waals surface area contributed by atoms with Gasteiger partial charge in [-0.2, -0.15) is 11.8 Å². The summed E-state index contributed by atoms with van der Waals surface area (Å²) in [6.45, 7) is 4.98. The van der Waals surface area contributed by atoms with Crippen LogP contribution < -0.4 is 5.32 Å². The first-order valence-corrected chi connectivity index (χ1v) is 6.92. The van der Waals surface area contributed by atoms with Crippen molar-refractivity contribution in [1.29, 1.82) is 0 Å². The second kappa shape index (κ2) is 10.2. The van der Waals surface area contributed by atoms with Crippen LogP contribution in [0.3, 0.4) is 0 Å². The van der Waals surface area contributed by atoms with E-state index in [1.165, 1.54) is 6.92 Å². The smallest absolute Gasteiger partial charge is 0.327 e. The zero-order valence-electron chi connectivity index (χ0n) is 10.3. The van der Waals surface area contributed by atoms with Crippen molar-refractivity contribution in [2.75, 3.05) is 11.5 Å². The summed E-state index contributed by atoms with van der Waals surface area (Å²) in [5.41, 5.74) is 0. The van der Waals surface area contributed by atoms with Gasteiger partial charge in [-0.25, -0.2) is 4.79 Å². The van der Waals surface area contributed by atoms with Gasteiger partial charge in [0.2, 0.25) is 5.91 Å². The number of hydrogen-bond acceptors (Lipinski definition) is 3. The largest absolute Gasteiger partial charge is 0.480 e. The number of carbonyl (C=O) groups excluding carboxylic acids is 1. The second-order valence-corrected chi connectivity index (χ2v) is 4.95. The average molecular weight is 259 g/mol. The third kappa shape index (κ3) is 9.93. The van der Waals surface area contributed by atoms with Crippen LogP contribution in [0.1, 0.15) is 32.6 Å². The molecule has 2 N–H and O–H groups in total. The number of carboxylic acid groups (broad SMARTS) is 1. The van der Waals surface area contributed by atoms with Gasteiger partial charge < -0.3 is 10.4 Å². The van der Waals surface area contributed by atoms with E-state index in [1.54, 1.807) is 11.8 Å². The Hall–Kier alpha value is -0.970. The maximum atomic E-state index is 10.8. The van der Waals surface area contributed by atoms with E-state index >= 15 is 0 Å². The molecule has 0 spiro atoms. The lowest BCUT2D eigenvalue weighted by molar-refractivity contribution is -0.140. The van der Waals surface area contributed by atoms with Gasteiger partial charge in [0.25, 0.3) is 0 Å². The van der Waals surface area contributed by atoms with Crippen LogP contribution in [0.2, 0.25) is 0 Å². The molecule has 0 aromatic carbocycles. The van der Waals surface area contributed by atoms with Crippen molar-refractivity contribution in [3.05, 3.63) is 12.7 Å². The summed E-state index contributed by atoms with van der Waals surface area (Å²) >= 11 is 1.57. The fraction of sp³-hybridized carbons (Fsp3) is 0.667. The van der Waals surface area contributed by atoms with E-state index in [1.807, 2.05) is 6.08 Å². The summed E-state index contributed by atoms with van der Waals surface area (Å²) in [6, 6.07) is -0.773. The van der Waals surface area contributed by atoms with Gasteiger partial charge in [0, 0.05) is 12.7 Å². The highest BCUT2D eigenvalue weighted by Gasteiger charge is 2.17. The van der Waals surface area contributed by atoms with Gasteiger partial charge in [-0.3, -0.25) is 4.79 Å². The Morgan fingerprint density at radius 3 is 2.65 bits per heavy atom. The molecule has 4 nitrogen and oxygen atoms in total. The number of amides is 1. The molecular formula is C12H21NO3S. The van der Waals surface area contributed by atoms with Crippen LogP contribution in [0, 0.1) is 0 Å². The number of carbonyl (C=O) groups is 2. The van der Waals surface area contributed by atoms with Gasteiger partial charge in [-0.1, -0.05) is 12.5 Å². The van der Waals surface area contributed by atoms with E-state index < -0.39 is 12.0 Å². The minimum absolute atomic E-state index is 0.302. The lowest BCUT2D eigenvalue weighted by Gasteiger charge is -2.12. The quantitative estimate of drug-likeness (QED) is 0.465. The van der Waals surface area contributed by atoms with Crippen LogP contribution in [0.15, 0.2) is 12.7 Å². The van der Waals surface area contributed by atoms with Crippen molar-refractivity contribution in [1.82, 2.24) is 5.32 Å². The summed E-state index contributed by atoms with van der Waals surface area (Å²) in [7, 11) is 0. The van der Waals surface area contributed by atoms with E-state index in [2.05, 4.69) is 11.9 Å². The summed E-state index contributed by atoms with van der Waals surface area (Å²) in [4.78, 5) is 21.6. The standard InChI is InChI=1S/C12H21NO3S/c1-3-4-5-6-7-8-17-9-11(12(15)16)13-10(2)14/h3,11H,1,4-9H2,2H3,(H,13,14)(H,15,16). The molecule has 0 aliphatic heterocycles. The molecule has 0 aromatic rings. The minimum Gasteiger partial charge on any atom is -0.480 e. The molecule has 17 heavy (non-hydrogen) atoms. The molecule has 0 bridgehead atoms. The molecule has 0 fully saturated rings. The molecule has 5 heteroatoms.